The van der Waals surface area contributed by atoms with Gasteiger partial charge < -0.3 is 4.74 Å². The smallest absolute Gasteiger partial charge is 0.161 e. The van der Waals surface area contributed by atoms with Crippen LogP contribution in [-0.4, -0.2) is 29.4 Å². The van der Waals surface area contributed by atoms with Crippen molar-refractivity contribution in [1.29, 1.82) is 0 Å². The quantitative estimate of drug-likeness (QED) is 0.444. The van der Waals surface area contributed by atoms with Gasteiger partial charge in [0.25, 0.3) is 0 Å². The molecule has 2 heterocycles. The second kappa shape index (κ2) is 5.84. The molecule has 0 fully saturated rings. The Kier molecular flexibility index (Phi) is 4.57. The summed E-state index contributed by atoms with van der Waals surface area (Å²) in [6, 6.07) is 1.12. The zero-order chi connectivity index (χ0) is 14.0. The molecule has 2 aromatic heterocycles. The first-order valence-corrected chi connectivity index (χ1v) is 10.9. The minimum absolute atomic E-state index is 0.313. The van der Waals surface area contributed by atoms with E-state index in [0.717, 1.165) is 18.0 Å². The third-order valence-corrected chi connectivity index (χ3v) is 5.57. The predicted octanol–water partition coefficient (Wildman–Crippen LogP) is 3.49. The molecule has 0 spiro atoms. The molecule has 0 N–H and O–H groups in total. The maximum atomic E-state index is 13.4. The normalized spacial score (nSPS) is 12.3. The summed E-state index contributed by atoms with van der Waals surface area (Å²) in [6.45, 7) is 8.03. The number of fused-ring (bicyclic) bond motifs is 1. The van der Waals surface area contributed by atoms with Crippen LogP contribution in [0.2, 0.25) is 25.7 Å². The van der Waals surface area contributed by atoms with Crippen molar-refractivity contribution in [3.63, 3.8) is 0 Å². The van der Waals surface area contributed by atoms with Crippen molar-refractivity contribution in [3.05, 3.63) is 21.8 Å². The lowest BCUT2D eigenvalue weighted by atomic mass is 10.3. The van der Waals surface area contributed by atoms with Crippen molar-refractivity contribution < 1.29 is 9.13 Å². The molecule has 0 saturated carbocycles. The summed E-state index contributed by atoms with van der Waals surface area (Å²) in [5.74, 6) is -0.313. The molecule has 0 saturated heterocycles. The molecule has 0 aliphatic carbocycles. The van der Waals surface area contributed by atoms with Crippen molar-refractivity contribution in [3.8, 4) is 0 Å². The Labute approximate surface area is 126 Å². The molecule has 0 aromatic carbocycles. The number of nitrogens with zero attached hydrogens (tertiary/aromatic N) is 3. The van der Waals surface area contributed by atoms with Crippen molar-refractivity contribution in [2.45, 2.75) is 32.4 Å². The van der Waals surface area contributed by atoms with Gasteiger partial charge in [0.05, 0.1) is 21.4 Å². The molecule has 0 radical (unpaired) electrons. The van der Waals surface area contributed by atoms with E-state index in [4.69, 9.17) is 4.74 Å². The Bertz CT molecular complexity index is 582. The number of halogens is 2. The van der Waals surface area contributed by atoms with Gasteiger partial charge in [0, 0.05) is 14.7 Å². The van der Waals surface area contributed by atoms with Gasteiger partial charge in [-0.2, -0.15) is 5.10 Å². The van der Waals surface area contributed by atoms with Crippen molar-refractivity contribution in [2.24, 2.45) is 0 Å². The molecule has 0 unspecified atom stereocenters. The van der Waals surface area contributed by atoms with Crippen LogP contribution in [0.1, 0.15) is 0 Å². The topological polar surface area (TPSA) is 39.9 Å². The first kappa shape index (κ1) is 14.9. The number of rotatable bonds is 5. The van der Waals surface area contributed by atoms with Crippen molar-refractivity contribution >= 4 is 41.7 Å². The average molecular weight is 393 g/mol. The molecule has 0 bridgehead atoms. The third-order valence-electron chi connectivity index (χ3n) is 2.77. The third kappa shape index (κ3) is 3.73. The highest BCUT2D eigenvalue weighted by atomic mass is 127. The van der Waals surface area contributed by atoms with Crippen LogP contribution in [0.25, 0.3) is 11.0 Å². The largest absolute Gasteiger partial charge is 0.359 e. The second-order valence-electron chi connectivity index (χ2n) is 5.65. The number of pyridine rings is 1. The van der Waals surface area contributed by atoms with E-state index in [9.17, 15) is 4.39 Å². The predicted molar refractivity (Wildman–Crippen MR) is 84.3 cm³/mol. The SMILES string of the molecule is C[Si](C)(C)CCOCn1ncc2c(I)c(F)cnc21. The van der Waals surface area contributed by atoms with Gasteiger partial charge >= 0.3 is 0 Å². The number of hydrogen-bond donors (Lipinski definition) is 0. The van der Waals surface area contributed by atoms with Crippen LogP contribution in [0.4, 0.5) is 4.39 Å². The Balaban J connectivity index is 2.04. The summed E-state index contributed by atoms with van der Waals surface area (Å²) in [5, 5.41) is 4.93. The van der Waals surface area contributed by atoms with Crippen LogP contribution < -0.4 is 0 Å². The Hall–Kier alpha value is -0.543. The van der Waals surface area contributed by atoms with E-state index < -0.39 is 8.07 Å². The molecule has 0 aliphatic rings. The summed E-state index contributed by atoms with van der Waals surface area (Å²) >= 11 is 1.97. The molecular formula is C12H17FIN3OSi. The van der Waals surface area contributed by atoms with Gasteiger partial charge in [0.1, 0.15) is 6.73 Å². The van der Waals surface area contributed by atoms with E-state index in [0.29, 0.717) is 15.9 Å². The lowest BCUT2D eigenvalue weighted by molar-refractivity contribution is 0.0813. The minimum atomic E-state index is -1.07. The van der Waals surface area contributed by atoms with Gasteiger partial charge in [-0.05, 0) is 28.6 Å². The summed E-state index contributed by atoms with van der Waals surface area (Å²) in [7, 11) is -1.07. The fraction of sp³-hybridized carbons (Fsp3) is 0.500. The van der Waals surface area contributed by atoms with E-state index in [1.807, 2.05) is 22.6 Å². The monoisotopic (exact) mass is 393 g/mol. The second-order valence-corrected chi connectivity index (χ2v) is 12.3. The van der Waals surface area contributed by atoms with Crippen molar-refractivity contribution in [1.82, 2.24) is 14.8 Å². The fourth-order valence-corrected chi connectivity index (χ4v) is 2.87. The van der Waals surface area contributed by atoms with E-state index in [-0.39, 0.29) is 5.82 Å². The highest BCUT2D eigenvalue weighted by molar-refractivity contribution is 14.1. The first-order valence-electron chi connectivity index (χ1n) is 6.12. The zero-order valence-electron chi connectivity index (χ0n) is 11.3. The Morgan fingerprint density at radius 2 is 2.11 bits per heavy atom. The van der Waals surface area contributed by atoms with Crippen LogP contribution in [0, 0.1) is 9.39 Å². The lowest BCUT2D eigenvalue weighted by Crippen LogP contribution is -2.22. The molecule has 0 atom stereocenters. The summed E-state index contributed by atoms with van der Waals surface area (Å²) in [6.07, 6.45) is 2.86. The highest BCUT2D eigenvalue weighted by Crippen LogP contribution is 2.21. The van der Waals surface area contributed by atoms with E-state index >= 15 is 0 Å². The molecule has 0 aliphatic heterocycles. The fourth-order valence-electron chi connectivity index (χ4n) is 1.60. The van der Waals surface area contributed by atoms with Crippen LogP contribution in [-0.2, 0) is 11.5 Å². The molecule has 0 amide bonds. The maximum absolute atomic E-state index is 13.4. The van der Waals surface area contributed by atoms with E-state index in [1.54, 1.807) is 10.9 Å². The minimum Gasteiger partial charge on any atom is -0.359 e. The number of aromatic nitrogens is 3. The van der Waals surface area contributed by atoms with Crippen LogP contribution in [0.5, 0.6) is 0 Å². The average Bonchev–Trinajstić information content (AvgIpc) is 2.72. The number of hydrogen-bond acceptors (Lipinski definition) is 3. The number of ether oxygens (including phenoxy) is 1. The van der Waals surface area contributed by atoms with E-state index in [2.05, 4.69) is 29.7 Å². The molecule has 19 heavy (non-hydrogen) atoms. The highest BCUT2D eigenvalue weighted by Gasteiger charge is 2.13. The van der Waals surface area contributed by atoms with Gasteiger partial charge in [-0.1, -0.05) is 19.6 Å². The summed E-state index contributed by atoms with van der Waals surface area (Å²) in [5.41, 5.74) is 0.666. The summed E-state index contributed by atoms with van der Waals surface area (Å²) < 4.78 is 21.2. The molecule has 4 nitrogen and oxygen atoms in total. The molecule has 7 heteroatoms. The molecular weight excluding hydrogens is 376 g/mol. The van der Waals surface area contributed by atoms with Gasteiger partial charge in [0.15, 0.2) is 11.5 Å². The molecule has 2 rings (SSSR count). The summed E-state index contributed by atoms with van der Waals surface area (Å²) in [4.78, 5) is 4.08. The lowest BCUT2D eigenvalue weighted by Gasteiger charge is -2.15. The van der Waals surface area contributed by atoms with Crippen LogP contribution >= 0.6 is 22.6 Å². The van der Waals surface area contributed by atoms with Gasteiger partial charge in [-0.3, -0.25) is 0 Å². The molecule has 2 aromatic rings. The molecule has 104 valence electrons. The van der Waals surface area contributed by atoms with Gasteiger partial charge in [-0.25, -0.2) is 14.1 Å². The van der Waals surface area contributed by atoms with Gasteiger partial charge in [0.2, 0.25) is 0 Å². The van der Waals surface area contributed by atoms with Crippen molar-refractivity contribution in [2.75, 3.05) is 6.61 Å². The maximum Gasteiger partial charge on any atom is 0.161 e. The van der Waals surface area contributed by atoms with Crippen LogP contribution in [0.3, 0.4) is 0 Å². The standard InChI is InChI=1S/C12H17FIN3OSi/c1-19(2,3)5-4-18-8-17-12-9(6-16-17)11(14)10(13)7-15-12/h6-7H,4-5,8H2,1-3H3. The van der Waals surface area contributed by atoms with Gasteiger partial charge in [-0.15, -0.1) is 0 Å². The Morgan fingerprint density at radius 3 is 2.79 bits per heavy atom. The zero-order valence-corrected chi connectivity index (χ0v) is 14.4. The Morgan fingerprint density at radius 1 is 1.37 bits per heavy atom. The van der Waals surface area contributed by atoms with E-state index in [1.165, 1.54) is 6.20 Å². The van der Waals surface area contributed by atoms with Crippen LogP contribution in [0.15, 0.2) is 12.4 Å². The first-order chi connectivity index (χ1) is 8.88.